The Morgan fingerprint density at radius 3 is 2.50 bits per heavy atom. The number of urea groups is 1. The van der Waals surface area contributed by atoms with Crippen molar-refractivity contribution in [2.75, 3.05) is 55.9 Å². The lowest BCUT2D eigenvalue weighted by molar-refractivity contribution is 0.255. The van der Waals surface area contributed by atoms with Crippen LogP contribution in [-0.4, -0.2) is 76.1 Å². The van der Waals surface area contributed by atoms with E-state index in [1.165, 1.54) is 6.33 Å². The van der Waals surface area contributed by atoms with Crippen molar-refractivity contribution in [3.8, 4) is 11.5 Å². The Kier molecular flexibility index (Phi) is 11.4. The summed E-state index contributed by atoms with van der Waals surface area (Å²) < 4.78 is 12.8. The Labute approximate surface area is 282 Å². The first kappa shape index (κ1) is 34.1. The van der Waals surface area contributed by atoms with Gasteiger partial charge in [-0.2, -0.15) is 5.10 Å². The molecule has 3 heterocycles. The second-order valence-electron chi connectivity index (χ2n) is 11.5. The molecular formula is C36H45N9O3. The molecule has 0 aliphatic heterocycles. The molecule has 0 aliphatic carbocycles. The number of carbonyl (C=O) groups is 1. The van der Waals surface area contributed by atoms with Crippen LogP contribution in [0.3, 0.4) is 0 Å². The Balaban J connectivity index is 1.39. The van der Waals surface area contributed by atoms with Crippen molar-refractivity contribution in [3.63, 3.8) is 0 Å². The molecule has 48 heavy (non-hydrogen) atoms. The summed E-state index contributed by atoms with van der Waals surface area (Å²) in [5.74, 6) is 2.50. The van der Waals surface area contributed by atoms with Gasteiger partial charge in [0.25, 0.3) is 0 Å². The molecule has 0 radical (unpaired) electrons. The lowest BCUT2D eigenvalue weighted by atomic mass is 10.1. The number of hydrogen-bond acceptors (Lipinski definition) is 9. The first-order valence-corrected chi connectivity index (χ1v) is 16.3. The number of amides is 2. The summed E-state index contributed by atoms with van der Waals surface area (Å²) in [6.45, 7) is 12.4. The third kappa shape index (κ3) is 8.18. The Bertz CT molecular complexity index is 1840. The van der Waals surface area contributed by atoms with Gasteiger partial charge in [0.2, 0.25) is 0 Å². The summed E-state index contributed by atoms with van der Waals surface area (Å²) in [7, 11) is 3.25. The predicted molar refractivity (Wildman–Crippen MR) is 190 cm³/mol. The third-order valence-electron chi connectivity index (χ3n) is 8.33. The van der Waals surface area contributed by atoms with E-state index in [-0.39, 0.29) is 6.03 Å². The van der Waals surface area contributed by atoms with E-state index in [4.69, 9.17) is 14.6 Å². The number of fused-ring (bicyclic) bond motifs is 1. The zero-order chi connectivity index (χ0) is 34.0. The van der Waals surface area contributed by atoms with E-state index in [1.807, 2.05) is 73.1 Å². The number of methoxy groups -OCH3 is 2. The van der Waals surface area contributed by atoms with E-state index in [2.05, 4.69) is 44.3 Å². The second kappa shape index (κ2) is 16.1. The van der Waals surface area contributed by atoms with Crippen molar-refractivity contribution < 1.29 is 14.3 Å². The van der Waals surface area contributed by atoms with Crippen molar-refractivity contribution in [2.24, 2.45) is 0 Å². The van der Waals surface area contributed by atoms with Crippen molar-refractivity contribution in [3.05, 3.63) is 89.6 Å². The van der Waals surface area contributed by atoms with Crippen LogP contribution in [0.1, 0.15) is 42.9 Å². The Hall–Kier alpha value is -5.23. The summed E-state index contributed by atoms with van der Waals surface area (Å²) >= 11 is 0. The maximum Gasteiger partial charge on any atom is 0.327 e. The SMILES string of the molecule is CCN(CC)CCCN(C(=O)Nc1cccc2c1c(C)nn2Cc1cccc(C)n1)c1cc(NCc2ccc(OC)cc2OC)ncn1. The summed E-state index contributed by atoms with van der Waals surface area (Å²) in [6, 6.07) is 19.0. The Morgan fingerprint density at radius 1 is 0.938 bits per heavy atom. The normalized spacial score (nSPS) is 11.1. The van der Waals surface area contributed by atoms with Gasteiger partial charge in [-0.05, 0) is 76.3 Å². The van der Waals surface area contributed by atoms with Crippen LogP contribution in [-0.2, 0) is 13.1 Å². The molecule has 12 nitrogen and oxygen atoms in total. The molecule has 12 heteroatoms. The van der Waals surface area contributed by atoms with Crippen LogP contribution in [0.4, 0.5) is 22.1 Å². The van der Waals surface area contributed by atoms with E-state index in [9.17, 15) is 4.79 Å². The standard InChI is InChI=1S/C36H45N9O3/c1-7-43(8-2)18-11-19-44(34-21-33(38-24-39-34)37-22-27-16-17-29(47-5)20-32(27)48-6)36(46)41-30-14-10-15-31-35(30)26(4)42-45(31)23-28-13-9-12-25(3)40-28/h9-10,12-17,20-21,24H,7-8,11,18-19,22-23H2,1-6H3,(H,41,46)(H,37,38,39). The summed E-state index contributed by atoms with van der Waals surface area (Å²) in [6.07, 6.45) is 2.25. The van der Waals surface area contributed by atoms with Gasteiger partial charge in [-0.1, -0.05) is 26.0 Å². The van der Waals surface area contributed by atoms with E-state index in [1.54, 1.807) is 25.2 Å². The highest BCUT2D eigenvalue weighted by Crippen LogP contribution is 2.29. The number of anilines is 3. The van der Waals surface area contributed by atoms with Crippen LogP contribution in [0.5, 0.6) is 11.5 Å². The van der Waals surface area contributed by atoms with Gasteiger partial charge in [0, 0.05) is 41.9 Å². The molecule has 0 saturated heterocycles. The molecule has 2 N–H and O–H groups in total. The van der Waals surface area contributed by atoms with Crippen molar-refractivity contribution in [1.82, 2.24) is 29.6 Å². The average Bonchev–Trinajstić information content (AvgIpc) is 3.42. The van der Waals surface area contributed by atoms with E-state index < -0.39 is 0 Å². The number of hydrogen-bond donors (Lipinski definition) is 2. The van der Waals surface area contributed by atoms with Gasteiger partial charge in [-0.15, -0.1) is 0 Å². The minimum Gasteiger partial charge on any atom is -0.497 e. The van der Waals surface area contributed by atoms with Gasteiger partial charge in [0.05, 0.1) is 43.4 Å². The number of aryl methyl sites for hydroxylation is 2. The van der Waals surface area contributed by atoms with E-state index in [0.29, 0.717) is 48.5 Å². The lowest BCUT2D eigenvalue weighted by Crippen LogP contribution is -2.38. The summed E-state index contributed by atoms with van der Waals surface area (Å²) in [5, 5.41) is 12.2. The van der Waals surface area contributed by atoms with Gasteiger partial charge >= 0.3 is 6.03 Å². The van der Waals surface area contributed by atoms with Gasteiger partial charge in [0.15, 0.2) is 0 Å². The molecule has 0 saturated carbocycles. The van der Waals surface area contributed by atoms with Gasteiger partial charge in [0.1, 0.15) is 29.5 Å². The molecule has 0 bridgehead atoms. The minimum atomic E-state index is -0.281. The zero-order valence-corrected chi connectivity index (χ0v) is 28.7. The fourth-order valence-corrected chi connectivity index (χ4v) is 5.76. The number of pyridine rings is 1. The van der Waals surface area contributed by atoms with Crippen LogP contribution in [0.25, 0.3) is 10.9 Å². The van der Waals surface area contributed by atoms with Gasteiger partial charge in [-0.25, -0.2) is 14.8 Å². The number of nitrogens with one attached hydrogen (secondary N) is 2. The largest absolute Gasteiger partial charge is 0.497 e. The van der Waals surface area contributed by atoms with E-state index in [0.717, 1.165) is 59.6 Å². The van der Waals surface area contributed by atoms with Crippen LogP contribution < -0.4 is 25.0 Å². The number of ether oxygens (including phenoxy) is 2. The second-order valence-corrected chi connectivity index (χ2v) is 11.5. The van der Waals surface area contributed by atoms with Crippen molar-refractivity contribution in [2.45, 2.75) is 47.2 Å². The van der Waals surface area contributed by atoms with Gasteiger partial charge < -0.3 is 25.0 Å². The first-order valence-electron chi connectivity index (χ1n) is 16.3. The van der Waals surface area contributed by atoms with E-state index >= 15 is 0 Å². The average molecular weight is 652 g/mol. The molecule has 3 aromatic heterocycles. The van der Waals surface area contributed by atoms with Crippen LogP contribution in [0.15, 0.2) is 67.0 Å². The molecule has 0 unspecified atom stereocenters. The summed E-state index contributed by atoms with van der Waals surface area (Å²) in [4.78, 5) is 31.7. The topological polar surface area (TPSA) is 123 Å². The summed E-state index contributed by atoms with van der Waals surface area (Å²) in [5.41, 5.74) is 5.25. The molecule has 5 aromatic rings. The minimum absolute atomic E-state index is 0.281. The Morgan fingerprint density at radius 2 is 1.75 bits per heavy atom. The number of aromatic nitrogens is 5. The third-order valence-corrected chi connectivity index (χ3v) is 8.33. The molecule has 252 valence electrons. The number of benzene rings is 2. The van der Waals surface area contributed by atoms with Crippen LogP contribution >= 0.6 is 0 Å². The number of nitrogens with zero attached hydrogens (tertiary/aromatic N) is 7. The maximum absolute atomic E-state index is 14.1. The fraction of sp³-hybridized carbons (Fsp3) is 0.361. The zero-order valence-electron chi connectivity index (χ0n) is 28.7. The highest BCUT2D eigenvalue weighted by atomic mass is 16.5. The smallest absolute Gasteiger partial charge is 0.327 e. The maximum atomic E-state index is 14.1. The van der Waals surface area contributed by atoms with Crippen molar-refractivity contribution in [1.29, 1.82) is 0 Å². The molecular weight excluding hydrogens is 606 g/mol. The molecule has 0 aliphatic rings. The number of rotatable bonds is 15. The van der Waals surface area contributed by atoms with Gasteiger partial charge in [-0.3, -0.25) is 14.6 Å². The van der Waals surface area contributed by atoms with Crippen molar-refractivity contribution >= 4 is 34.3 Å². The molecule has 0 spiro atoms. The van der Waals surface area contributed by atoms with Crippen LogP contribution in [0, 0.1) is 13.8 Å². The lowest BCUT2D eigenvalue weighted by Gasteiger charge is -2.25. The molecule has 0 atom stereocenters. The quantitative estimate of drug-likeness (QED) is 0.135. The fourth-order valence-electron chi connectivity index (χ4n) is 5.76. The monoisotopic (exact) mass is 651 g/mol. The molecule has 5 rings (SSSR count). The highest BCUT2D eigenvalue weighted by molar-refractivity contribution is 6.07. The molecule has 0 fully saturated rings. The first-order chi connectivity index (χ1) is 23.3. The predicted octanol–water partition coefficient (Wildman–Crippen LogP) is 6.29. The molecule has 2 amide bonds. The van der Waals surface area contributed by atoms with Crippen LogP contribution in [0.2, 0.25) is 0 Å². The highest BCUT2D eigenvalue weighted by Gasteiger charge is 2.21. The molecule has 2 aromatic carbocycles. The number of carbonyl (C=O) groups excluding carboxylic acids is 1.